The first-order valence-corrected chi connectivity index (χ1v) is 7.03. The third-order valence-corrected chi connectivity index (χ3v) is 3.70. The summed E-state index contributed by atoms with van der Waals surface area (Å²) in [6.45, 7) is 11.3. The number of hydrogen-bond donors (Lipinski definition) is 1. The summed E-state index contributed by atoms with van der Waals surface area (Å²) in [5, 5.41) is 2.95. The smallest absolute Gasteiger partial charge is 0.217 e. The summed E-state index contributed by atoms with van der Waals surface area (Å²) in [6.07, 6.45) is 1.66. The zero-order chi connectivity index (χ0) is 15.7. The summed E-state index contributed by atoms with van der Waals surface area (Å²) in [7, 11) is 3.37. The van der Waals surface area contributed by atoms with Crippen molar-refractivity contribution in [2.24, 2.45) is 5.92 Å². The molecule has 0 saturated carbocycles. The Morgan fingerprint density at radius 1 is 1.25 bits per heavy atom. The van der Waals surface area contributed by atoms with Crippen molar-refractivity contribution in [3.63, 3.8) is 0 Å². The fourth-order valence-corrected chi connectivity index (χ4v) is 2.24. The Hall–Kier alpha value is -1.09. The van der Waals surface area contributed by atoms with Crippen molar-refractivity contribution in [1.29, 1.82) is 0 Å². The van der Waals surface area contributed by atoms with Crippen molar-refractivity contribution in [3.05, 3.63) is 17.9 Å². The van der Waals surface area contributed by atoms with Crippen LogP contribution in [0, 0.1) is 5.92 Å². The summed E-state index contributed by atoms with van der Waals surface area (Å²) < 4.78 is 10.9. The predicted octanol–water partition coefficient (Wildman–Crippen LogP) is 2.69. The maximum atomic E-state index is 11.3. The lowest BCUT2D eigenvalue weighted by molar-refractivity contribution is -0.120. The molecule has 0 saturated heterocycles. The lowest BCUT2D eigenvalue weighted by atomic mass is 9.90. The number of carbonyl (C=O) groups is 1. The van der Waals surface area contributed by atoms with Crippen LogP contribution in [-0.4, -0.2) is 38.4 Å². The summed E-state index contributed by atoms with van der Waals surface area (Å²) >= 11 is 0. The SMILES string of the molecule is C=C=C(C)CC(OC)C(C)CC(NC(C)=O)C(C)OC. The number of amides is 1. The first-order chi connectivity index (χ1) is 9.35. The van der Waals surface area contributed by atoms with Crippen LogP contribution in [0.3, 0.4) is 0 Å². The molecular formula is C16H29NO3. The van der Waals surface area contributed by atoms with Gasteiger partial charge in [0.05, 0.1) is 18.2 Å². The van der Waals surface area contributed by atoms with Gasteiger partial charge in [-0.2, -0.15) is 0 Å². The second-order valence-corrected chi connectivity index (χ2v) is 5.40. The van der Waals surface area contributed by atoms with E-state index in [0.29, 0.717) is 0 Å². The van der Waals surface area contributed by atoms with Gasteiger partial charge < -0.3 is 14.8 Å². The predicted molar refractivity (Wildman–Crippen MR) is 81.6 cm³/mol. The zero-order valence-corrected chi connectivity index (χ0v) is 13.7. The molecule has 0 spiro atoms. The van der Waals surface area contributed by atoms with Crippen LogP contribution >= 0.6 is 0 Å². The van der Waals surface area contributed by atoms with Gasteiger partial charge in [0, 0.05) is 27.6 Å². The minimum atomic E-state index is -0.0396. The van der Waals surface area contributed by atoms with E-state index in [4.69, 9.17) is 9.47 Å². The average Bonchev–Trinajstić information content (AvgIpc) is 2.41. The maximum Gasteiger partial charge on any atom is 0.217 e. The van der Waals surface area contributed by atoms with Crippen LogP contribution in [-0.2, 0) is 14.3 Å². The molecule has 0 aliphatic carbocycles. The van der Waals surface area contributed by atoms with E-state index >= 15 is 0 Å². The molecule has 0 aromatic carbocycles. The summed E-state index contributed by atoms with van der Waals surface area (Å²) in [4.78, 5) is 11.3. The van der Waals surface area contributed by atoms with Crippen molar-refractivity contribution in [2.45, 2.75) is 58.8 Å². The van der Waals surface area contributed by atoms with Crippen LogP contribution in [0.4, 0.5) is 0 Å². The highest BCUT2D eigenvalue weighted by Crippen LogP contribution is 2.21. The molecule has 0 aliphatic heterocycles. The van der Waals surface area contributed by atoms with Gasteiger partial charge in [0.25, 0.3) is 0 Å². The number of methoxy groups -OCH3 is 2. The van der Waals surface area contributed by atoms with E-state index in [0.717, 1.165) is 18.4 Å². The number of hydrogen-bond acceptors (Lipinski definition) is 3. The molecule has 116 valence electrons. The Labute approximate surface area is 123 Å². The highest BCUT2D eigenvalue weighted by molar-refractivity contribution is 5.73. The van der Waals surface area contributed by atoms with E-state index < -0.39 is 0 Å². The Kier molecular flexibility index (Phi) is 9.23. The van der Waals surface area contributed by atoms with Gasteiger partial charge >= 0.3 is 0 Å². The molecule has 0 aromatic rings. The van der Waals surface area contributed by atoms with Gasteiger partial charge in [-0.1, -0.05) is 13.5 Å². The van der Waals surface area contributed by atoms with Gasteiger partial charge in [-0.3, -0.25) is 4.79 Å². The molecule has 4 unspecified atom stereocenters. The molecule has 0 aliphatic rings. The molecular weight excluding hydrogens is 254 g/mol. The van der Waals surface area contributed by atoms with Crippen LogP contribution in [0.15, 0.2) is 17.9 Å². The highest BCUT2D eigenvalue weighted by atomic mass is 16.5. The van der Waals surface area contributed by atoms with E-state index in [1.165, 1.54) is 6.92 Å². The number of carbonyl (C=O) groups excluding carboxylic acids is 1. The van der Waals surface area contributed by atoms with Gasteiger partial charge in [-0.15, -0.1) is 5.73 Å². The Bertz CT molecular complexity index is 348. The third kappa shape index (κ3) is 6.90. The number of rotatable bonds is 9. The van der Waals surface area contributed by atoms with E-state index in [1.54, 1.807) is 14.2 Å². The minimum Gasteiger partial charge on any atom is -0.381 e. The minimum absolute atomic E-state index is 0.0156. The van der Waals surface area contributed by atoms with Gasteiger partial charge in [-0.25, -0.2) is 0 Å². The lowest BCUT2D eigenvalue weighted by Gasteiger charge is -2.30. The van der Waals surface area contributed by atoms with Crippen molar-refractivity contribution >= 4 is 5.91 Å². The molecule has 20 heavy (non-hydrogen) atoms. The second kappa shape index (κ2) is 9.76. The van der Waals surface area contributed by atoms with E-state index in [9.17, 15) is 4.79 Å². The maximum absolute atomic E-state index is 11.3. The van der Waals surface area contributed by atoms with Crippen molar-refractivity contribution < 1.29 is 14.3 Å². The van der Waals surface area contributed by atoms with Crippen LogP contribution in [0.1, 0.15) is 40.5 Å². The van der Waals surface area contributed by atoms with Crippen molar-refractivity contribution in [1.82, 2.24) is 5.32 Å². The Balaban J connectivity index is 4.73. The average molecular weight is 283 g/mol. The summed E-state index contributed by atoms with van der Waals surface area (Å²) in [6, 6.07) is -0.0156. The zero-order valence-electron chi connectivity index (χ0n) is 13.7. The molecule has 0 heterocycles. The quantitative estimate of drug-likeness (QED) is 0.662. The molecule has 0 rings (SSSR count). The van der Waals surface area contributed by atoms with Gasteiger partial charge in [-0.05, 0) is 31.8 Å². The summed E-state index contributed by atoms with van der Waals surface area (Å²) in [5.41, 5.74) is 3.98. The lowest BCUT2D eigenvalue weighted by Crippen LogP contribution is -2.44. The molecule has 1 N–H and O–H groups in total. The van der Waals surface area contributed by atoms with Crippen molar-refractivity contribution in [3.8, 4) is 0 Å². The molecule has 4 nitrogen and oxygen atoms in total. The van der Waals surface area contributed by atoms with Gasteiger partial charge in [0.15, 0.2) is 0 Å². The van der Waals surface area contributed by atoms with Gasteiger partial charge in [0.2, 0.25) is 5.91 Å². The monoisotopic (exact) mass is 283 g/mol. The molecule has 0 bridgehead atoms. The van der Waals surface area contributed by atoms with Crippen LogP contribution < -0.4 is 5.32 Å². The summed E-state index contributed by atoms with van der Waals surface area (Å²) in [5.74, 6) is 0.250. The molecule has 4 heteroatoms. The number of ether oxygens (including phenoxy) is 2. The highest BCUT2D eigenvalue weighted by Gasteiger charge is 2.25. The standard InChI is InChI=1S/C16H29NO3/c1-8-11(2)9-16(20-7)12(3)10-15(13(4)19-6)17-14(5)18/h12-13,15-16H,1,9-10H2,2-7H3,(H,17,18). The topological polar surface area (TPSA) is 47.6 Å². The number of nitrogens with one attached hydrogen (secondary N) is 1. The van der Waals surface area contributed by atoms with Crippen LogP contribution in [0.2, 0.25) is 0 Å². The van der Waals surface area contributed by atoms with E-state index in [2.05, 4.69) is 24.6 Å². The fraction of sp³-hybridized carbons (Fsp3) is 0.750. The largest absolute Gasteiger partial charge is 0.381 e. The second-order valence-electron chi connectivity index (χ2n) is 5.40. The molecule has 0 aromatic heterocycles. The van der Waals surface area contributed by atoms with E-state index in [1.807, 2.05) is 13.8 Å². The van der Waals surface area contributed by atoms with Crippen LogP contribution in [0.25, 0.3) is 0 Å². The molecule has 4 atom stereocenters. The normalized spacial score (nSPS) is 16.7. The van der Waals surface area contributed by atoms with Crippen molar-refractivity contribution in [2.75, 3.05) is 14.2 Å². The third-order valence-electron chi connectivity index (χ3n) is 3.70. The first-order valence-electron chi connectivity index (χ1n) is 7.03. The van der Waals surface area contributed by atoms with Crippen LogP contribution in [0.5, 0.6) is 0 Å². The molecule has 0 radical (unpaired) electrons. The first kappa shape index (κ1) is 18.9. The van der Waals surface area contributed by atoms with Gasteiger partial charge in [0.1, 0.15) is 0 Å². The van der Waals surface area contributed by atoms with E-state index in [-0.39, 0.29) is 30.1 Å². The Morgan fingerprint density at radius 2 is 1.85 bits per heavy atom. The Morgan fingerprint density at radius 3 is 2.25 bits per heavy atom. The molecule has 0 fully saturated rings. The fourth-order valence-electron chi connectivity index (χ4n) is 2.24. The molecule has 1 amide bonds.